The number of likely N-dealkylation sites (N-methyl/N-ethyl adjacent to an activating group) is 1. The minimum atomic E-state index is -4.72. The number of esters is 1. The van der Waals surface area contributed by atoms with Crippen LogP contribution in [-0.4, -0.2) is 57.1 Å². The third-order valence-corrected chi connectivity index (χ3v) is 6.39. The zero-order valence-corrected chi connectivity index (χ0v) is 22.0. The Bertz CT molecular complexity index is 1250. The molecule has 0 unspecified atom stereocenters. The van der Waals surface area contributed by atoms with Crippen molar-refractivity contribution in [2.45, 2.75) is 19.7 Å². The normalized spacial score (nSPS) is 14.7. The third-order valence-electron chi connectivity index (χ3n) is 6.39. The molecule has 6 nitrogen and oxygen atoms in total. The van der Waals surface area contributed by atoms with Gasteiger partial charge < -0.3 is 24.6 Å². The van der Waals surface area contributed by atoms with E-state index in [1.54, 1.807) is 19.1 Å². The fourth-order valence-electron chi connectivity index (χ4n) is 4.32. The van der Waals surface area contributed by atoms with Crippen molar-refractivity contribution in [1.82, 2.24) is 4.90 Å². The third kappa shape index (κ3) is 8.51. The maximum atomic E-state index is 12.4. The highest BCUT2D eigenvalue weighted by Gasteiger charge is 2.30. The minimum absolute atomic E-state index is 0.252. The SMILES string of the molecule is CCOC(=O)/C=C(/Nc1ccc(N2CCN(C)CC2)cc1)c1ccc(Cc2ccc(OC(F)(F)F)cc2)cc1. The van der Waals surface area contributed by atoms with Crippen molar-refractivity contribution in [2.75, 3.05) is 50.1 Å². The number of nitrogens with one attached hydrogen (secondary N) is 1. The van der Waals surface area contributed by atoms with E-state index in [-0.39, 0.29) is 12.4 Å². The van der Waals surface area contributed by atoms with Gasteiger partial charge in [0.2, 0.25) is 0 Å². The summed E-state index contributed by atoms with van der Waals surface area (Å²) in [5, 5.41) is 3.34. The van der Waals surface area contributed by atoms with Crippen LogP contribution in [0.5, 0.6) is 5.75 Å². The fraction of sp³-hybridized carbons (Fsp3) is 0.300. The van der Waals surface area contributed by atoms with Gasteiger partial charge in [-0.05, 0) is 73.5 Å². The van der Waals surface area contributed by atoms with Gasteiger partial charge in [0.1, 0.15) is 5.75 Å². The standard InChI is InChI=1S/C30H32F3N3O3/c1-3-38-29(37)21-28(34-25-10-12-26(13-11-25)36-18-16-35(2)17-19-36)24-8-4-22(5-9-24)20-23-6-14-27(15-7-23)39-30(31,32)33/h4-15,21,34H,3,16-20H2,1-2H3/b28-21+. The van der Waals surface area contributed by atoms with Crippen LogP contribution in [-0.2, 0) is 16.0 Å². The topological polar surface area (TPSA) is 54.0 Å². The number of benzene rings is 3. The molecule has 1 aliphatic heterocycles. The summed E-state index contributed by atoms with van der Waals surface area (Å²) in [5.74, 6) is -0.697. The molecule has 0 bridgehead atoms. The summed E-state index contributed by atoms with van der Waals surface area (Å²) in [4.78, 5) is 17.0. The molecule has 206 valence electrons. The van der Waals surface area contributed by atoms with Gasteiger partial charge in [-0.15, -0.1) is 13.2 Å². The van der Waals surface area contributed by atoms with Crippen LogP contribution in [0.1, 0.15) is 23.6 Å². The van der Waals surface area contributed by atoms with E-state index in [1.165, 1.54) is 18.2 Å². The van der Waals surface area contributed by atoms with Crippen molar-refractivity contribution in [3.05, 3.63) is 95.6 Å². The molecule has 1 N–H and O–H groups in total. The van der Waals surface area contributed by atoms with E-state index in [1.807, 2.05) is 36.4 Å². The lowest BCUT2D eigenvalue weighted by Gasteiger charge is -2.34. The predicted molar refractivity (Wildman–Crippen MR) is 147 cm³/mol. The Morgan fingerprint density at radius 1 is 0.897 bits per heavy atom. The van der Waals surface area contributed by atoms with Gasteiger partial charge in [0, 0.05) is 43.6 Å². The molecule has 1 heterocycles. The molecule has 0 radical (unpaired) electrons. The molecule has 1 saturated heterocycles. The summed E-state index contributed by atoms with van der Waals surface area (Å²) in [6.45, 7) is 6.05. The van der Waals surface area contributed by atoms with Crippen molar-refractivity contribution in [1.29, 1.82) is 0 Å². The number of anilines is 2. The van der Waals surface area contributed by atoms with Gasteiger partial charge in [-0.25, -0.2) is 4.79 Å². The number of alkyl halides is 3. The van der Waals surface area contributed by atoms with Crippen LogP contribution in [0.15, 0.2) is 78.9 Å². The van der Waals surface area contributed by atoms with E-state index in [0.717, 1.165) is 54.2 Å². The van der Waals surface area contributed by atoms with E-state index >= 15 is 0 Å². The Morgan fingerprint density at radius 3 is 2.05 bits per heavy atom. The van der Waals surface area contributed by atoms with Crippen molar-refractivity contribution in [2.24, 2.45) is 0 Å². The van der Waals surface area contributed by atoms with Gasteiger partial charge >= 0.3 is 12.3 Å². The second kappa shape index (κ2) is 12.7. The molecule has 0 amide bonds. The average Bonchev–Trinajstić information content (AvgIpc) is 2.90. The van der Waals surface area contributed by atoms with Gasteiger partial charge in [0.25, 0.3) is 0 Å². The predicted octanol–water partition coefficient (Wildman–Crippen LogP) is 5.94. The summed E-state index contributed by atoms with van der Waals surface area (Å²) in [7, 11) is 2.13. The highest BCUT2D eigenvalue weighted by Crippen LogP contribution is 2.25. The number of nitrogens with zero attached hydrogens (tertiary/aromatic N) is 2. The molecular formula is C30H32F3N3O3. The van der Waals surface area contributed by atoms with E-state index in [2.05, 4.69) is 39.0 Å². The molecule has 3 aromatic carbocycles. The van der Waals surface area contributed by atoms with Crippen LogP contribution < -0.4 is 15.0 Å². The first kappa shape index (κ1) is 28.0. The second-order valence-corrected chi connectivity index (χ2v) is 9.34. The summed E-state index contributed by atoms with van der Waals surface area (Å²) >= 11 is 0. The Kier molecular flexibility index (Phi) is 9.14. The highest BCUT2D eigenvalue weighted by molar-refractivity contribution is 5.94. The number of piperazine rings is 1. The lowest BCUT2D eigenvalue weighted by Crippen LogP contribution is -2.44. The quantitative estimate of drug-likeness (QED) is 0.268. The number of carbonyl (C=O) groups excluding carboxylic acids is 1. The summed E-state index contributed by atoms with van der Waals surface area (Å²) in [6.07, 6.45) is -2.75. The number of carbonyl (C=O) groups is 1. The highest BCUT2D eigenvalue weighted by atomic mass is 19.4. The van der Waals surface area contributed by atoms with Crippen LogP contribution >= 0.6 is 0 Å². The van der Waals surface area contributed by atoms with Crippen LogP contribution in [0.4, 0.5) is 24.5 Å². The summed E-state index contributed by atoms with van der Waals surface area (Å²) < 4.78 is 46.2. The zero-order chi connectivity index (χ0) is 27.8. The molecule has 0 spiro atoms. The maximum Gasteiger partial charge on any atom is 0.573 e. The molecule has 0 aromatic heterocycles. The first-order valence-electron chi connectivity index (χ1n) is 12.8. The lowest BCUT2D eigenvalue weighted by molar-refractivity contribution is -0.274. The van der Waals surface area contributed by atoms with Gasteiger partial charge in [-0.3, -0.25) is 0 Å². The van der Waals surface area contributed by atoms with Crippen LogP contribution in [0.2, 0.25) is 0 Å². The van der Waals surface area contributed by atoms with Crippen LogP contribution in [0.25, 0.3) is 5.70 Å². The van der Waals surface area contributed by atoms with E-state index in [9.17, 15) is 18.0 Å². The molecule has 1 aliphatic rings. The number of rotatable bonds is 9. The zero-order valence-electron chi connectivity index (χ0n) is 22.0. The van der Waals surface area contributed by atoms with Gasteiger partial charge in [0.15, 0.2) is 0 Å². The van der Waals surface area contributed by atoms with Crippen molar-refractivity contribution >= 4 is 23.0 Å². The molecule has 4 rings (SSSR count). The molecule has 39 heavy (non-hydrogen) atoms. The van der Waals surface area contributed by atoms with Crippen molar-refractivity contribution in [3.8, 4) is 5.75 Å². The molecule has 0 aliphatic carbocycles. The maximum absolute atomic E-state index is 12.4. The van der Waals surface area contributed by atoms with Crippen LogP contribution in [0, 0.1) is 0 Å². The van der Waals surface area contributed by atoms with E-state index in [4.69, 9.17) is 4.74 Å². The summed E-state index contributed by atoms with van der Waals surface area (Å²) in [5.41, 5.74) is 5.21. The van der Waals surface area contributed by atoms with Crippen molar-refractivity contribution < 1.29 is 27.4 Å². The lowest BCUT2D eigenvalue weighted by atomic mass is 10.0. The number of ether oxygens (including phenoxy) is 2. The molecule has 0 atom stereocenters. The van der Waals surface area contributed by atoms with Crippen molar-refractivity contribution in [3.63, 3.8) is 0 Å². The summed E-state index contributed by atoms with van der Waals surface area (Å²) in [6, 6.07) is 21.6. The smallest absolute Gasteiger partial charge is 0.463 e. The Hall–Kier alpha value is -3.98. The Morgan fingerprint density at radius 2 is 1.49 bits per heavy atom. The Labute approximate surface area is 226 Å². The monoisotopic (exact) mass is 539 g/mol. The molecule has 3 aromatic rings. The number of hydrogen-bond donors (Lipinski definition) is 1. The number of hydrogen-bond acceptors (Lipinski definition) is 6. The molecule has 1 fully saturated rings. The fourth-order valence-corrected chi connectivity index (χ4v) is 4.32. The number of halogens is 3. The average molecular weight is 540 g/mol. The second-order valence-electron chi connectivity index (χ2n) is 9.34. The molecular weight excluding hydrogens is 507 g/mol. The first-order chi connectivity index (χ1) is 18.7. The molecule has 9 heteroatoms. The van der Waals surface area contributed by atoms with Gasteiger partial charge in [0.05, 0.1) is 12.3 Å². The van der Waals surface area contributed by atoms with E-state index < -0.39 is 12.3 Å². The van der Waals surface area contributed by atoms with Crippen LogP contribution in [0.3, 0.4) is 0 Å². The minimum Gasteiger partial charge on any atom is -0.463 e. The van der Waals surface area contributed by atoms with Gasteiger partial charge in [-0.2, -0.15) is 0 Å². The van der Waals surface area contributed by atoms with E-state index in [0.29, 0.717) is 12.1 Å². The van der Waals surface area contributed by atoms with Gasteiger partial charge in [-0.1, -0.05) is 36.4 Å². The molecule has 0 saturated carbocycles. The Balaban J connectivity index is 1.45. The first-order valence-corrected chi connectivity index (χ1v) is 12.8. The largest absolute Gasteiger partial charge is 0.573 e.